The van der Waals surface area contributed by atoms with Gasteiger partial charge in [-0.15, -0.1) is 0 Å². The van der Waals surface area contributed by atoms with Gasteiger partial charge in [-0.25, -0.2) is 4.39 Å². The van der Waals surface area contributed by atoms with Crippen LogP contribution in [0, 0.1) is 17.1 Å². The van der Waals surface area contributed by atoms with E-state index in [-0.39, 0.29) is 6.10 Å². The number of rotatable bonds is 2. The Hall–Kier alpha value is -1.56. The Labute approximate surface area is 101 Å². The van der Waals surface area contributed by atoms with E-state index < -0.39 is 5.82 Å². The first-order valence-electron chi connectivity index (χ1n) is 6.15. The maximum Gasteiger partial charge on any atom is 0.128 e. The van der Waals surface area contributed by atoms with Gasteiger partial charge in [-0.3, -0.25) is 0 Å². The highest BCUT2D eigenvalue weighted by Crippen LogP contribution is 2.24. The summed E-state index contributed by atoms with van der Waals surface area (Å²) in [4.78, 5) is 0. The zero-order valence-corrected chi connectivity index (χ0v) is 9.79. The summed E-state index contributed by atoms with van der Waals surface area (Å²) in [6.45, 7) is 0. The van der Waals surface area contributed by atoms with E-state index in [0.29, 0.717) is 11.3 Å². The van der Waals surface area contributed by atoms with Crippen LogP contribution in [0.1, 0.15) is 44.1 Å². The lowest BCUT2D eigenvalue weighted by molar-refractivity contribution is 0.183. The van der Waals surface area contributed by atoms with Crippen LogP contribution in [0.25, 0.3) is 0 Å². The van der Waals surface area contributed by atoms with Crippen LogP contribution in [0.15, 0.2) is 18.2 Å². The van der Waals surface area contributed by atoms with E-state index in [2.05, 4.69) is 0 Å². The van der Waals surface area contributed by atoms with Gasteiger partial charge in [0, 0.05) is 6.07 Å². The summed E-state index contributed by atoms with van der Waals surface area (Å²) in [5, 5.41) is 8.77. The molecule has 0 bridgehead atoms. The average Bonchev–Trinajstić information content (AvgIpc) is 2.57. The first kappa shape index (κ1) is 11.9. The Morgan fingerprint density at radius 2 is 1.82 bits per heavy atom. The minimum atomic E-state index is -0.410. The number of halogens is 1. The molecule has 17 heavy (non-hydrogen) atoms. The van der Waals surface area contributed by atoms with Crippen LogP contribution in [-0.2, 0) is 0 Å². The lowest BCUT2D eigenvalue weighted by Gasteiger charge is -2.17. The number of nitrogens with zero attached hydrogens (tertiary/aromatic N) is 1. The van der Waals surface area contributed by atoms with Crippen molar-refractivity contribution in [3.8, 4) is 11.8 Å². The molecule has 0 spiro atoms. The van der Waals surface area contributed by atoms with Crippen molar-refractivity contribution >= 4 is 0 Å². The van der Waals surface area contributed by atoms with Gasteiger partial charge >= 0.3 is 0 Å². The first-order chi connectivity index (χ1) is 8.28. The van der Waals surface area contributed by atoms with Crippen LogP contribution in [0.5, 0.6) is 5.75 Å². The van der Waals surface area contributed by atoms with Crippen LogP contribution in [0.4, 0.5) is 4.39 Å². The molecule has 0 aliphatic heterocycles. The van der Waals surface area contributed by atoms with Crippen molar-refractivity contribution in [1.82, 2.24) is 0 Å². The van der Waals surface area contributed by atoms with Gasteiger partial charge in [-0.1, -0.05) is 12.8 Å². The van der Waals surface area contributed by atoms with E-state index in [1.54, 1.807) is 6.07 Å². The molecule has 3 heteroatoms. The Kier molecular flexibility index (Phi) is 3.98. The van der Waals surface area contributed by atoms with Crippen LogP contribution in [-0.4, -0.2) is 6.10 Å². The van der Waals surface area contributed by atoms with Crippen molar-refractivity contribution in [3.63, 3.8) is 0 Å². The Morgan fingerprint density at radius 3 is 2.47 bits per heavy atom. The minimum Gasteiger partial charge on any atom is -0.490 e. The Balaban J connectivity index is 2.06. The minimum absolute atomic E-state index is 0.172. The summed E-state index contributed by atoms with van der Waals surface area (Å²) in [5.41, 5.74) is 0.314. The molecule has 0 unspecified atom stereocenters. The van der Waals surface area contributed by atoms with Gasteiger partial charge in [0.1, 0.15) is 11.6 Å². The van der Waals surface area contributed by atoms with E-state index in [0.717, 1.165) is 12.8 Å². The Morgan fingerprint density at radius 1 is 1.12 bits per heavy atom. The normalized spacial score (nSPS) is 17.2. The molecule has 1 aliphatic rings. The zero-order valence-electron chi connectivity index (χ0n) is 9.79. The molecule has 0 aromatic heterocycles. The maximum absolute atomic E-state index is 13.2. The number of ether oxygens (including phenoxy) is 1. The van der Waals surface area contributed by atoms with Crippen molar-refractivity contribution in [1.29, 1.82) is 5.26 Å². The van der Waals surface area contributed by atoms with E-state index in [1.165, 1.54) is 37.8 Å². The molecule has 90 valence electrons. The fourth-order valence-corrected chi connectivity index (χ4v) is 2.25. The summed E-state index contributed by atoms with van der Waals surface area (Å²) < 4.78 is 19.0. The third kappa shape index (κ3) is 3.45. The quantitative estimate of drug-likeness (QED) is 0.728. The highest BCUT2D eigenvalue weighted by molar-refractivity contribution is 5.37. The monoisotopic (exact) mass is 233 g/mol. The SMILES string of the molecule is N#Cc1cc(F)cc(OC2CCCCCC2)c1. The van der Waals surface area contributed by atoms with E-state index in [4.69, 9.17) is 10.00 Å². The standard InChI is InChI=1S/C14H16FNO/c15-12-7-11(10-16)8-14(9-12)17-13-5-3-1-2-4-6-13/h7-9,13H,1-6H2. The summed E-state index contributed by atoms with van der Waals surface area (Å²) in [5.74, 6) is 0.0705. The summed E-state index contributed by atoms with van der Waals surface area (Å²) in [7, 11) is 0. The van der Waals surface area contributed by atoms with Crippen molar-refractivity contribution in [2.24, 2.45) is 0 Å². The van der Waals surface area contributed by atoms with Gasteiger partial charge in [-0.2, -0.15) is 5.26 Å². The molecule has 0 atom stereocenters. The largest absolute Gasteiger partial charge is 0.490 e. The molecule has 0 radical (unpaired) electrons. The maximum atomic E-state index is 13.2. The summed E-state index contributed by atoms with van der Waals surface area (Å²) in [6.07, 6.45) is 7.08. The van der Waals surface area contributed by atoms with E-state index in [9.17, 15) is 4.39 Å². The summed E-state index contributed by atoms with van der Waals surface area (Å²) >= 11 is 0. The van der Waals surface area contributed by atoms with Crippen molar-refractivity contribution < 1.29 is 9.13 Å². The average molecular weight is 233 g/mol. The van der Waals surface area contributed by atoms with Gasteiger partial charge in [0.2, 0.25) is 0 Å². The second-order valence-corrected chi connectivity index (χ2v) is 4.52. The van der Waals surface area contributed by atoms with Crippen molar-refractivity contribution in [2.75, 3.05) is 0 Å². The number of hydrogen-bond acceptors (Lipinski definition) is 2. The van der Waals surface area contributed by atoms with Gasteiger partial charge in [-0.05, 0) is 37.8 Å². The van der Waals surface area contributed by atoms with E-state index in [1.807, 2.05) is 6.07 Å². The van der Waals surface area contributed by atoms with Crippen LogP contribution in [0.3, 0.4) is 0 Å². The number of benzene rings is 1. The Bertz CT molecular complexity index is 417. The van der Waals surface area contributed by atoms with Crippen LogP contribution < -0.4 is 4.74 Å². The summed E-state index contributed by atoms with van der Waals surface area (Å²) in [6, 6.07) is 6.12. The molecule has 1 aromatic carbocycles. The van der Waals surface area contributed by atoms with Gasteiger partial charge in [0.25, 0.3) is 0 Å². The van der Waals surface area contributed by atoms with Crippen LogP contribution >= 0.6 is 0 Å². The molecule has 0 N–H and O–H groups in total. The predicted molar refractivity (Wildman–Crippen MR) is 63.2 cm³/mol. The highest BCUT2D eigenvalue weighted by atomic mass is 19.1. The molecule has 1 aliphatic carbocycles. The lowest BCUT2D eigenvalue weighted by Crippen LogP contribution is -2.15. The molecule has 1 fully saturated rings. The predicted octanol–water partition coefficient (Wildman–Crippen LogP) is 3.80. The van der Waals surface area contributed by atoms with Gasteiger partial charge in [0.15, 0.2) is 0 Å². The van der Waals surface area contributed by atoms with Crippen molar-refractivity contribution in [2.45, 2.75) is 44.6 Å². The van der Waals surface area contributed by atoms with Crippen LogP contribution in [0.2, 0.25) is 0 Å². The molecular weight excluding hydrogens is 217 g/mol. The number of nitriles is 1. The third-order valence-corrected chi connectivity index (χ3v) is 3.11. The molecule has 2 nitrogen and oxygen atoms in total. The molecule has 2 rings (SSSR count). The highest BCUT2D eigenvalue weighted by Gasteiger charge is 2.14. The zero-order chi connectivity index (χ0) is 12.1. The van der Waals surface area contributed by atoms with Crippen molar-refractivity contribution in [3.05, 3.63) is 29.6 Å². The third-order valence-electron chi connectivity index (χ3n) is 3.11. The molecule has 0 amide bonds. The lowest BCUT2D eigenvalue weighted by atomic mass is 10.1. The molecule has 1 saturated carbocycles. The molecule has 1 aromatic rings. The molecular formula is C14H16FNO. The van der Waals surface area contributed by atoms with Gasteiger partial charge in [0.05, 0.1) is 17.7 Å². The fourth-order valence-electron chi connectivity index (χ4n) is 2.25. The van der Waals surface area contributed by atoms with Gasteiger partial charge < -0.3 is 4.74 Å². The second kappa shape index (κ2) is 5.67. The smallest absolute Gasteiger partial charge is 0.128 e. The topological polar surface area (TPSA) is 33.0 Å². The molecule has 0 heterocycles. The first-order valence-corrected chi connectivity index (χ1v) is 6.15. The second-order valence-electron chi connectivity index (χ2n) is 4.52. The molecule has 0 saturated heterocycles. The number of hydrogen-bond donors (Lipinski definition) is 0. The fraction of sp³-hybridized carbons (Fsp3) is 0.500. The van der Waals surface area contributed by atoms with E-state index >= 15 is 0 Å².